The predicted molar refractivity (Wildman–Crippen MR) is 83.1 cm³/mol. The quantitative estimate of drug-likeness (QED) is 0.828. The van der Waals surface area contributed by atoms with Gasteiger partial charge in [0.2, 0.25) is 0 Å². The molecule has 0 radical (unpaired) electrons. The third kappa shape index (κ3) is 4.81. The number of anilines is 1. The molecule has 5 nitrogen and oxygen atoms in total. The van der Waals surface area contributed by atoms with E-state index in [4.69, 9.17) is 0 Å². The first kappa shape index (κ1) is 16.4. The van der Waals surface area contributed by atoms with Crippen molar-refractivity contribution in [1.29, 1.82) is 0 Å². The number of amides is 1. The Balaban J connectivity index is 2.59. The van der Waals surface area contributed by atoms with Crippen LogP contribution in [0.15, 0.2) is 18.3 Å². The Labute approximate surface area is 122 Å². The first-order chi connectivity index (χ1) is 9.47. The number of hydrogen-bond donors (Lipinski definition) is 1. The molecular weight excluding hydrogens is 252 g/mol. The summed E-state index contributed by atoms with van der Waals surface area (Å²) in [6, 6.07) is 3.98. The maximum absolute atomic E-state index is 11.8. The molecule has 1 N–H and O–H groups in total. The van der Waals surface area contributed by atoms with E-state index in [2.05, 4.69) is 36.0 Å². The van der Waals surface area contributed by atoms with E-state index in [0.717, 1.165) is 25.5 Å². The Morgan fingerprint density at radius 3 is 2.40 bits per heavy atom. The number of carbonyl (C=O) groups is 1. The van der Waals surface area contributed by atoms with Gasteiger partial charge in [0.25, 0.3) is 5.91 Å². The van der Waals surface area contributed by atoms with E-state index in [1.165, 1.54) is 0 Å². The number of rotatable bonds is 7. The van der Waals surface area contributed by atoms with Crippen molar-refractivity contribution in [3.8, 4) is 0 Å². The lowest BCUT2D eigenvalue weighted by Gasteiger charge is -2.23. The fourth-order valence-corrected chi connectivity index (χ4v) is 2.03. The molecule has 0 aliphatic rings. The molecule has 0 saturated carbocycles. The number of pyridine rings is 1. The average Bonchev–Trinajstić information content (AvgIpc) is 2.44. The molecular formula is C15H26N4O. The Morgan fingerprint density at radius 2 is 1.95 bits per heavy atom. The van der Waals surface area contributed by atoms with E-state index in [-0.39, 0.29) is 5.91 Å². The molecule has 0 aliphatic carbocycles. The first-order valence-electron chi connectivity index (χ1n) is 7.14. The molecule has 1 aromatic heterocycles. The van der Waals surface area contributed by atoms with Gasteiger partial charge >= 0.3 is 0 Å². The predicted octanol–water partition coefficient (Wildman–Crippen LogP) is 1.93. The molecule has 0 fully saturated rings. The Hall–Kier alpha value is -1.62. The standard InChI is InChI=1S/C15H26N4O/c1-6-19(7-2)11-12(3)17-14-9-8-13(10-16-14)15(20)18(4)5/h8-10,12H,6-7,11H2,1-5H3,(H,16,17). The molecule has 1 aromatic rings. The van der Waals surface area contributed by atoms with Crippen LogP contribution < -0.4 is 5.32 Å². The highest BCUT2D eigenvalue weighted by Crippen LogP contribution is 2.08. The summed E-state index contributed by atoms with van der Waals surface area (Å²) in [6.45, 7) is 9.54. The number of likely N-dealkylation sites (N-methyl/N-ethyl adjacent to an activating group) is 1. The monoisotopic (exact) mass is 278 g/mol. The van der Waals surface area contributed by atoms with Crippen LogP contribution in [0.2, 0.25) is 0 Å². The van der Waals surface area contributed by atoms with Gasteiger partial charge in [-0.3, -0.25) is 4.79 Å². The molecule has 1 atom stereocenters. The first-order valence-corrected chi connectivity index (χ1v) is 7.14. The molecule has 1 rings (SSSR count). The molecule has 5 heteroatoms. The Bertz CT molecular complexity index is 412. The Kier molecular flexibility index (Phi) is 6.45. The Morgan fingerprint density at radius 1 is 1.30 bits per heavy atom. The van der Waals surface area contributed by atoms with Crippen molar-refractivity contribution in [3.63, 3.8) is 0 Å². The van der Waals surface area contributed by atoms with Gasteiger partial charge in [0, 0.05) is 32.9 Å². The zero-order chi connectivity index (χ0) is 15.1. The molecule has 1 amide bonds. The minimum absolute atomic E-state index is 0.0276. The maximum Gasteiger partial charge on any atom is 0.254 e. The van der Waals surface area contributed by atoms with Crippen molar-refractivity contribution in [2.75, 3.05) is 39.0 Å². The van der Waals surface area contributed by atoms with E-state index in [1.807, 2.05) is 12.1 Å². The van der Waals surface area contributed by atoms with Gasteiger partial charge in [0.15, 0.2) is 0 Å². The summed E-state index contributed by atoms with van der Waals surface area (Å²) in [7, 11) is 3.47. The third-order valence-corrected chi connectivity index (χ3v) is 3.24. The van der Waals surface area contributed by atoms with Gasteiger partial charge in [-0.25, -0.2) is 4.98 Å². The summed E-state index contributed by atoms with van der Waals surface area (Å²) >= 11 is 0. The van der Waals surface area contributed by atoms with Crippen LogP contribution >= 0.6 is 0 Å². The van der Waals surface area contributed by atoms with Crippen molar-refractivity contribution in [1.82, 2.24) is 14.8 Å². The van der Waals surface area contributed by atoms with Crippen LogP contribution in [-0.2, 0) is 0 Å². The number of nitrogens with one attached hydrogen (secondary N) is 1. The third-order valence-electron chi connectivity index (χ3n) is 3.24. The van der Waals surface area contributed by atoms with E-state index >= 15 is 0 Å². The lowest BCUT2D eigenvalue weighted by Crippen LogP contribution is -2.34. The highest BCUT2D eigenvalue weighted by atomic mass is 16.2. The van der Waals surface area contributed by atoms with Crippen LogP contribution in [0.3, 0.4) is 0 Å². The summed E-state index contributed by atoms with van der Waals surface area (Å²) in [6.07, 6.45) is 1.62. The van der Waals surface area contributed by atoms with Gasteiger partial charge in [-0.2, -0.15) is 0 Å². The van der Waals surface area contributed by atoms with Crippen LogP contribution in [0.25, 0.3) is 0 Å². The molecule has 0 bridgehead atoms. The smallest absolute Gasteiger partial charge is 0.254 e. The molecule has 112 valence electrons. The second-order valence-electron chi connectivity index (χ2n) is 5.16. The van der Waals surface area contributed by atoms with Gasteiger partial charge in [0.1, 0.15) is 5.82 Å². The molecule has 0 saturated heterocycles. The lowest BCUT2D eigenvalue weighted by molar-refractivity contribution is 0.0827. The van der Waals surface area contributed by atoms with Crippen molar-refractivity contribution >= 4 is 11.7 Å². The summed E-state index contributed by atoms with van der Waals surface area (Å²) < 4.78 is 0. The van der Waals surface area contributed by atoms with Gasteiger partial charge in [-0.1, -0.05) is 13.8 Å². The molecule has 0 aliphatic heterocycles. The fraction of sp³-hybridized carbons (Fsp3) is 0.600. The number of hydrogen-bond acceptors (Lipinski definition) is 4. The second kappa shape index (κ2) is 7.85. The molecule has 1 unspecified atom stereocenters. The molecule has 1 heterocycles. The summed E-state index contributed by atoms with van der Waals surface area (Å²) in [5, 5.41) is 3.36. The minimum Gasteiger partial charge on any atom is -0.366 e. The van der Waals surface area contributed by atoms with Crippen LogP contribution in [0.4, 0.5) is 5.82 Å². The van der Waals surface area contributed by atoms with Crippen LogP contribution in [-0.4, -0.2) is 60.5 Å². The zero-order valence-electron chi connectivity index (χ0n) is 13.2. The van der Waals surface area contributed by atoms with Crippen molar-refractivity contribution in [2.45, 2.75) is 26.8 Å². The van der Waals surface area contributed by atoms with Crippen molar-refractivity contribution in [3.05, 3.63) is 23.9 Å². The van der Waals surface area contributed by atoms with Crippen LogP contribution in [0, 0.1) is 0 Å². The average molecular weight is 278 g/mol. The summed E-state index contributed by atoms with van der Waals surface area (Å²) in [4.78, 5) is 20.0. The summed E-state index contributed by atoms with van der Waals surface area (Å²) in [5.41, 5.74) is 0.608. The molecule has 0 aromatic carbocycles. The summed E-state index contributed by atoms with van der Waals surface area (Å²) in [5.74, 6) is 0.778. The van der Waals surface area contributed by atoms with Gasteiger partial charge in [0.05, 0.1) is 5.56 Å². The molecule has 0 spiro atoms. The van der Waals surface area contributed by atoms with E-state index < -0.39 is 0 Å². The second-order valence-corrected chi connectivity index (χ2v) is 5.16. The normalized spacial score (nSPS) is 12.3. The SMILES string of the molecule is CCN(CC)CC(C)Nc1ccc(C(=O)N(C)C)cn1. The maximum atomic E-state index is 11.8. The highest BCUT2D eigenvalue weighted by Gasteiger charge is 2.10. The zero-order valence-corrected chi connectivity index (χ0v) is 13.2. The van der Waals surface area contributed by atoms with E-state index in [1.54, 1.807) is 25.2 Å². The lowest BCUT2D eigenvalue weighted by atomic mass is 10.2. The number of nitrogens with zero attached hydrogens (tertiary/aromatic N) is 3. The largest absolute Gasteiger partial charge is 0.366 e. The van der Waals surface area contributed by atoms with Gasteiger partial charge in [-0.15, -0.1) is 0 Å². The van der Waals surface area contributed by atoms with E-state index in [9.17, 15) is 4.79 Å². The topological polar surface area (TPSA) is 48.5 Å². The highest BCUT2D eigenvalue weighted by molar-refractivity contribution is 5.93. The van der Waals surface area contributed by atoms with Crippen LogP contribution in [0.1, 0.15) is 31.1 Å². The van der Waals surface area contributed by atoms with Crippen molar-refractivity contribution in [2.24, 2.45) is 0 Å². The van der Waals surface area contributed by atoms with Crippen LogP contribution in [0.5, 0.6) is 0 Å². The number of carbonyl (C=O) groups excluding carboxylic acids is 1. The van der Waals surface area contributed by atoms with Gasteiger partial charge < -0.3 is 15.1 Å². The minimum atomic E-state index is -0.0276. The number of aromatic nitrogens is 1. The van der Waals surface area contributed by atoms with Gasteiger partial charge in [-0.05, 0) is 32.1 Å². The fourth-order valence-electron chi connectivity index (χ4n) is 2.03. The van der Waals surface area contributed by atoms with E-state index in [0.29, 0.717) is 11.6 Å². The molecule has 20 heavy (non-hydrogen) atoms. The van der Waals surface area contributed by atoms with Crippen molar-refractivity contribution < 1.29 is 4.79 Å².